The van der Waals surface area contributed by atoms with Crippen LogP contribution in [-0.2, 0) is 4.74 Å². The zero-order chi connectivity index (χ0) is 10.9. The number of unbranched alkanes of at least 4 members (excludes halogenated alkanes) is 1. The van der Waals surface area contributed by atoms with Crippen molar-refractivity contribution in [3.05, 3.63) is 22.4 Å². The first-order valence-electron chi connectivity index (χ1n) is 5.69. The first-order chi connectivity index (χ1) is 7.34. The zero-order valence-corrected chi connectivity index (χ0v) is 10.5. The molecule has 0 fully saturated rings. The molecule has 0 aromatic carbocycles. The molecule has 0 spiro atoms. The largest absolute Gasteiger partial charge is 0.380 e. The van der Waals surface area contributed by atoms with Crippen LogP contribution >= 0.6 is 11.3 Å². The highest BCUT2D eigenvalue weighted by molar-refractivity contribution is 7.10. The minimum absolute atomic E-state index is 0.444. The number of hydrogen-bond donors (Lipinski definition) is 1. The summed E-state index contributed by atoms with van der Waals surface area (Å²) in [5.41, 5.74) is 0. The van der Waals surface area contributed by atoms with Gasteiger partial charge in [-0.05, 0) is 24.8 Å². The Hall–Kier alpha value is -0.380. The van der Waals surface area contributed by atoms with E-state index in [0.29, 0.717) is 6.04 Å². The summed E-state index contributed by atoms with van der Waals surface area (Å²) in [6.07, 6.45) is 2.37. The summed E-state index contributed by atoms with van der Waals surface area (Å²) in [6, 6.07) is 4.70. The van der Waals surface area contributed by atoms with Crippen molar-refractivity contribution in [1.29, 1.82) is 0 Å². The molecule has 1 rings (SSSR count). The van der Waals surface area contributed by atoms with Crippen LogP contribution in [-0.4, -0.2) is 19.8 Å². The molecule has 0 radical (unpaired) electrons. The monoisotopic (exact) mass is 227 g/mol. The quantitative estimate of drug-likeness (QED) is 0.689. The Morgan fingerprint density at radius 2 is 2.33 bits per heavy atom. The molecule has 1 atom stereocenters. The van der Waals surface area contributed by atoms with Gasteiger partial charge in [-0.15, -0.1) is 11.3 Å². The third kappa shape index (κ3) is 5.30. The van der Waals surface area contributed by atoms with Gasteiger partial charge in [-0.3, -0.25) is 0 Å². The molecule has 0 aliphatic rings. The second-order valence-corrected chi connectivity index (χ2v) is 4.64. The van der Waals surface area contributed by atoms with Gasteiger partial charge in [0.15, 0.2) is 0 Å². The standard InChI is InChI=1S/C12H21NOS/c1-3-4-8-14-9-7-13-11(2)12-6-5-10-15-12/h5-6,10-11,13H,3-4,7-9H2,1-2H3. The average Bonchev–Trinajstić information content (AvgIpc) is 2.76. The third-order valence-corrected chi connectivity index (χ3v) is 3.36. The van der Waals surface area contributed by atoms with Crippen molar-refractivity contribution < 1.29 is 4.74 Å². The van der Waals surface area contributed by atoms with Crippen LogP contribution in [0.4, 0.5) is 0 Å². The molecule has 0 saturated heterocycles. The molecule has 15 heavy (non-hydrogen) atoms. The van der Waals surface area contributed by atoms with Crippen molar-refractivity contribution in [2.75, 3.05) is 19.8 Å². The SMILES string of the molecule is CCCCOCCNC(C)c1cccs1. The van der Waals surface area contributed by atoms with E-state index >= 15 is 0 Å². The van der Waals surface area contributed by atoms with E-state index in [1.165, 1.54) is 17.7 Å². The lowest BCUT2D eigenvalue weighted by Crippen LogP contribution is -2.22. The van der Waals surface area contributed by atoms with Gasteiger partial charge >= 0.3 is 0 Å². The van der Waals surface area contributed by atoms with Gasteiger partial charge in [0.05, 0.1) is 6.61 Å². The van der Waals surface area contributed by atoms with Gasteiger partial charge in [0.25, 0.3) is 0 Å². The number of hydrogen-bond acceptors (Lipinski definition) is 3. The first kappa shape index (κ1) is 12.7. The maximum atomic E-state index is 5.48. The first-order valence-corrected chi connectivity index (χ1v) is 6.57. The number of rotatable bonds is 8. The van der Waals surface area contributed by atoms with Crippen LogP contribution in [0.1, 0.15) is 37.6 Å². The summed E-state index contributed by atoms with van der Waals surface area (Å²) in [5.74, 6) is 0. The van der Waals surface area contributed by atoms with Crippen LogP contribution in [0.5, 0.6) is 0 Å². The van der Waals surface area contributed by atoms with E-state index in [0.717, 1.165) is 19.8 Å². The highest BCUT2D eigenvalue weighted by Gasteiger charge is 2.03. The van der Waals surface area contributed by atoms with Crippen molar-refractivity contribution in [3.63, 3.8) is 0 Å². The Labute approximate surface area is 96.7 Å². The van der Waals surface area contributed by atoms with Crippen LogP contribution in [0.3, 0.4) is 0 Å². The molecule has 1 aromatic rings. The Balaban J connectivity index is 2.00. The molecule has 1 heterocycles. The van der Waals surface area contributed by atoms with Crippen molar-refractivity contribution in [3.8, 4) is 0 Å². The van der Waals surface area contributed by atoms with Crippen LogP contribution in [0.2, 0.25) is 0 Å². The van der Waals surface area contributed by atoms with E-state index in [9.17, 15) is 0 Å². The van der Waals surface area contributed by atoms with Gasteiger partial charge in [0, 0.05) is 24.1 Å². The average molecular weight is 227 g/mol. The van der Waals surface area contributed by atoms with Gasteiger partial charge in [0.2, 0.25) is 0 Å². The molecule has 86 valence electrons. The predicted octanol–water partition coefficient (Wildman–Crippen LogP) is 3.22. The second kappa shape index (κ2) is 7.85. The fourth-order valence-electron chi connectivity index (χ4n) is 1.33. The van der Waals surface area contributed by atoms with Crippen LogP contribution in [0.25, 0.3) is 0 Å². The van der Waals surface area contributed by atoms with Crippen LogP contribution < -0.4 is 5.32 Å². The van der Waals surface area contributed by atoms with Gasteiger partial charge in [-0.2, -0.15) is 0 Å². The lowest BCUT2D eigenvalue weighted by atomic mass is 10.3. The highest BCUT2D eigenvalue weighted by Crippen LogP contribution is 2.17. The van der Waals surface area contributed by atoms with Crippen molar-refractivity contribution in [2.24, 2.45) is 0 Å². The Bertz CT molecular complexity index is 236. The molecule has 2 nitrogen and oxygen atoms in total. The predicted molar refractivity (Wildman–Crippen MR) is 66.5 cm³/mol. The van der Waals surface area contributed by atoms with E-state index in [2.05, 4.69) is 36.7 Å². The number of ether oxygens (including phenoxy) is 1. The topological polar surface area (TPSA) is 21.3 Å². The summed E-state index contributed by atoms with van der Waals surface area (Å²) in [7, 11) is 0. The van der Waals surface area contributed by atoms with Gasteiger partial charge < -0.3 is 10.1 Å². The van der Waals surface area contributed by atoms with E-state index in [-0.39, 0.29) is 0 Å². The van der Waals surface area contributed by atoms with Crippen molar-refractivity contribution in [2.45, 2.75) is 32.7 Å². The molecule has 0 saturated carbocycles. The highest BCUT2D eigenvalue weighted by atomic mass is 32.1. The summed E-state index contributed by atoms with van der Waals surface area (Å²) >= 11 is 1.80. The Morgan fingerprint density at radius 3 is 3.00 bits per heavy atom. The lowest BCUT2D eigenvalue weighted by molar-refractivity contribution is 0.131. The van der Waals surface area contributed by atoms with E-state index in [4.69, 9.17) is 4.74 Å². The molecule has 1 aromatic heterocycles. The molecule has 3 heteroatoms. The van der Waals surface area contributed by atoms with Crippen molar-refractivity contribution in [1.82, 2.24) is 5.32 Å². The fraction of sp³-hybridized carbons (Fsp3) is 0.667. The maximum Gasteiger partial charge on any atom is 0.0591 e. The fourth-order valence-corrected chi connectivity index (χ4v) is 2.09. The minimum atomic E-state index is 0.444. The Kier molecular flexibility index (Phi) is 6.64. The van der Waals surface area contributed by atoms with E-state index < -0.39 is 0 Å². The van der Waals surface area contributed by atoms with Crippen molar-refractivity contribution >= 4 is 11.3 Å². The second-order valence-electron chi connectivity index (χ2n) is 3.66. The number of thiophene rings is 1. The molecule has 0 bridgehead atoms. The molecular weight excluding hydrogens is 206 g/mol. The third-order valence-electron chi connectivity index (χ3n) is 2.31. The van der Waals surface area contributed by atoms with Crippen LogP contribution in [0, 0.1) is 0 Å². The van der Waals surface area contributed by atoms with E-state index in [1.54, 1.807) is 11.3 Å². The summed E-state index contributed by atoms with van der Waals surface area (Å²) in [5, 5.41) is 5.56. The van der Waals surface area contributed by atoms with E-state index in [1.807, 2.05) is 0 Å². The normalized spacial score (nSPS) is 12.9. The zero-order valence-electron chi connectivity index (χ0n) is 9.66. The smallest absolute Gasteiger partial charge is 0.0591 e. The summed E-state index contributed by atoms with van der Waals surface area (Å²) < 4.78 is 5.48. The van der Waals surface area contributed by atoms with Crippen LogP contribution in [0.15, 0.2) is 17.5 Å². The molecule has 0 amide bonds. The summed E-state index contributed by atoms with van der Waals surface area (Å²) in [6.45, 7) is 7.02. The molecule has 0 aliphatic heterocycles. The van der Waals surface area contributed by atoms with Gasteiger partial charge in [-0.25, -0.2) is 0 Å². The maximum absolute atomic E-state index is 5.48. The molecule has 1 unspecified atom stereocenters. The van der Waals surface area contributed by atoms with Gasteiger partial charge in [-0.1, -0.05) is 19.4 Å². The summed E-state index contributed by atoms with van der Waals surface area (Å²) in [4.78, 5) is 1.39. The number of nitrogens with one attached hydrogen (secondary N) is 1. The lowest BCUT2D eigenvalue weighted by Gasteiger charge is -2.11. The molecule has 0 aliphatic carbocycles. The van der Waals surface area contributed by atoms with Gasteiger partial charge in [0.1, 0.15) is 0 Å². The molecular formula is C12H21NOS. The Morgan fingerprint density at radius 1 is 1.47 bits per heavy atom. The minimum Gasteiger partial charge on any atom is -0.380 e. The molecule has 1 N–H and O–H groups in total.